The standard InChI is InChI=1S/C19H28N2O/c1-14-6-3-9-17(15(14)2)20-19(22)11-13-21-12-5-8-16-7-4-10-18(16)21/h3,6,9,16,18H,4-5,7-8,10-13H2,1-2H3,(H,20,22)/t16-,18+/m1/s1. The van der Waals surface area contributed by atoms with Crippen LogP contribution in [0.15, 0.2) is 18.2 Å². The molecular formula is C19H28N2O. The molecule has 0 unspecified atom stereocenters. The molecule has 2 fully saturated rings. The van der Waals surface area contributed by atoms with Crippen LogP contribution in [0.4, 0.5) is 5.69 Å². The summed E-state index contributed by atoms with van der Waals surface area (Å²) in [6.45, 7) is 6.24. The number of nitrogens with one attached hydrogen (secondary N) is 1. The van der Waals surface area contributed by atoms with Gasteiger partial charge in [0, 0.05) is 24.7 Å². The number of carbonyl (C=O) groups excluding carboxylic acids is 1. The van der Waals surface area contributed by atoms with Gasteiger partial charge in [-0.1, -0.05) is 18.6 Å². The van der Waals surface area contributed by atoms with Crippen molar-refractivity contribution in [1.29, 1.82) is 0 Å². The Labute approximate surface area is 134 Å². The number of fused-ring (bicyclic) bond motifs is 1. The second-order valence-corrected chi connectivity index (χ2v) is 6.98. The first-order valence-electron chi connectivity index (χ1n) is 8.75. The highest BCUT2D eigenvalue weighted by Gasteiger charge is 2.34. The number of nitrogens with zero attached hydrogens (tertiary/aromatic N) is 1. The number of amides is 1. The molecule has 0 aromatic heterocycles. The van der Waals surface area contributed by atoms with Gasteiger partial charge in [0.25, 0.3) is 0 Å². The number of hydrogen-bond donors (Lipinski definition) is 1. The van der Waals surface area contributed by atoms with Crippen LogP contribution < -0.4 is 5.32 Å². The number of benzene rings is 1. The normalized spacial score (nSPS) is 25.0. The number of rotatable bonds is 4. The van der Waals surface area contributed by atoms with Crippen LogP contribution >= 0.6 is 0 Å². The van der Waals surface area contributed by atoms with Gasteiger partial charge < -0.3 is 5.32 Å². The zero-order valence-corrected chi connectivity index (χ0v) is 13.9. The predicted molar refractivity (Wildman–Crippen MR) is 91.1 cm³/mol. The summed E-state index contributed by atoms with van der Waals surface area (Å²) in [6.07, 6.45) is 7.42. The van der Waals surface area contributed by atoms with E-state index < -0.39 is 0 Å². The summed E-state index contributed by atoms with van der Waals surface area (Å²) >= 11 is 0. The topological polar surface area (TPSA) is 32.3 Å². The second kappa shape index (κ2) is 6.82. The molecule has 22 heavy (non-hydrogen) atoms. The summed E-state index contributed by atoms with van der Waals surface area (Å²) in [5, 5.41) is 3.08. The average molecular weight is 300 g/mol. The van der Waals surface area contributed by atoms with E-state index in [9.17, 15) is 4.79 Å². The van der Waals surface area contributed by atoms with Crippen molar-refractivity contribution in [2.45, 2.75) is 58.4 Å². The SMILES string of the molecule is Cc1cccc(NC(=O)CCN2CCC[C@H]3CCC[C@@H]32)c1C. The lowest BCUT2D eigenvalue weighted by Crippen LogP contribution is -2.43. The van der Waals surface area contributed by atoms with Gasteiger partial charge >= 0.3 is 0 Å². The minimum Gasteiger partial charge on any atom is -0.326 e. The van der Waals surface area contributed by atoms with Crippen molar-refractivity contribution in [2.75, 3.05) is 18.4 Å². The first-order valence-corrected chi connectivity index (χ1v) is 8.75. The summed E-state index contributed by atoms with van der Waals surface area (Å²) in [4.78, 5) is 14.8. The molecule has 0 bridgehead atoms. The molecule has 3 heteroatoms. The van der Waals surface area contributed by atoms with Gasteiger partial charge in [-0.3, -0.25) is 9.69 Å². The molecule has 1 aromatic rings. The Bertz CT molecular complexity index is 540. The molecule has 1 N–H and O–H groups in total. The van der Waals surface area contributed by atoms with Crippen LogP contribution in [-0.4, -0.2) is 29.9 Å². The van der Waals surface area contributed by atoms with Crippen molar-refractivity contribution in [2.24, 2.45) is 5.92 Å². The minimum atomic E-state index is 0.147. The lowest BCUT2D eigenvalue weighted by Gasteiger charge is -2.37. The van der Waals surface area contributed by atoms with E-state index in [1.54, 1.807) is 0 Å². The molecule has 1 heterocycles. The second-order valence-electron chi connectivity index (χ2n) is 6.98. The monoisotopic (exact) mass is 300 g/mol. The van der Waals surface area contributed by atoms with Crippen LogP contribution in [0.25, 0.3) is 0 Å². The molecule has 1 saturated heterocycles. The van der Waals surface area contributed by atoms with Gasteiger partial charge in [0.15, 0.2) is 0 Å². The summed E-state index contributed by atoms with van der Waals surface area (Å²) in [7, 11) is 0. The maximum atomic E-state index is 12.3. The molecular weight excluding hydrogens is 272 g/mol. The van der Waals surface area contributed by atoms with Gasteiger partial charge in [-0.25, -0.2) is 0 Å². The Hall–Kier alpha value is -1.35. The Morgan fingerprint density at radius 2 is 2.05 bits per heavy atom. The van der Waals surface area contributed by atoms with Crippen molar-refractivity contribution in [3.8, 4) is 0 Å². The third-order valence-electron chi connectivity index (χ3n) is 5.61. The number of hydrogen-bond acceptors (Lipinski definition) is 2. The van der Waals surface area contributed by atoms with Crippen LogP contribution in [-0.2, 0) is 4.79 Å². The Balaban J connectivity index is 1.53. The van der Waals surface area contributed by atoms with Gasteiger partial charge in [0.1, 0.15) is 0 Å². The van der Waals surface area contributed by atoms with Crippen LogP contribution in [0.5, 0.6) is 0 Å². The highest BCUT2D eigenvalue weighted by atomic mass is 16.1. The number of likely N-dealkylation sites (tertiary alicyclic amines) is 1. The molecule has 1 aliphatic heterocycles. The molecule has 0 radical (unpaired) electrons. The fourth-order valence-corrected chi connectivity index (χ4v) is 4.18. The lowest BCUT2D eigenvalue weighted by atomic mass is 9.92. The largest absolute Gasteiger partial charge is 0.326 e. The highest BCUT2D eigenvalue weighted by molar-refractivity contribution is 5.91. The van der Waals surface area contributed by atoms with Crippen molar-refractivity contribution in [3.63, 3.8) is 0 Å². The van der Waals surface area contributed by atoms with Crippen molar-refractivity contribution in [3.05, 3.63) is 29.3 Å². The van der Waals surface area contributed by atoms with Gasteiger partial charge in [-0.15, -0.1) is 0 Å². The summed E-state index contributed by atoms with van der Waals surface area (Å²) in [5.74, 6) is 1.05. The van der Waals surface area contributed by atoms with Crippen LogP contribution in [0.3, 0.4) is 0 Å². The molecule has 1 aromatic carbocycles. The quantitative estimate of drug-likeness (QED) is 0.914. The van der Waals surface area contributed by atoms with E-state index in [0.29, 0.717) is 6.42 Å². The number of carbonyl (C=O) groups is 1. The third kappa shape index (κ3) is 3.35. The number of piperidine rings is 1. The molecule has 0 spiro atoms. The van der Waals surface area contributed by atoms with Crippen LogP contribution in [0, 0.1) is 19.8 Å². The maximum absolute atomic E-state index is 12.3. The van der Waals surface area contributed by atoms with Gasteiger partial charge in [-0.05, 0) is 69.2 Å². The van der Waals surface area contributed by atoms with E-state index in [1.807, 2.05) is 12.1 Å². The fourth-order valence-electron chi connectivity index (χ4n) is 4.18. The van der Waals surface area contributed by atoms with E-state index in [4.69, 9.17) is 0 Å². The summed E-state index contributed by atoms with van der Waals surface area (Å²) < 4.78 is 0. The zero-order valence-electron chi connectivity index (χ0n) is 13.9. The van der Waals surface area contributed by atoms with Crippen molar-refractivity contribution >= 4 is 11.6 Å². The molecule has 3 rings (SSSR count). The molecule has 2 aliphatic rings. The fraction of sp³-hybridized carbons (Fsp3) is 0.632. The van der Waals surface area contributed by atoms with E-state index in [0.717, 1.165) is 24.2 Å². The van der Waals surface area contributed by atoms with Crippen molar-refractivity contribution in [1.82, 2.24) is 4.90 Å². The first kappa shape index (κ1) is 15.5. The van der Waals surface area contributed by atoms with Crippen LogP contribution in [0.2, 0.25) is 0 Å². The molecule has 3 nitrogen and oxygen atoms in total. The smallest absolute Gasteiger partial charge is 0.225 e. The van der Waals surface area contributed by atoms with E-state index in [2.05, 4.69) is 30.1 Å². The number of aryl methyl sites for hydroxylation is 1. The Kier molecular flexibility index (Phi) is 4.82. The predicted octanol–water partition coefficient (Wildman–Crippen LogP) is 3.90. The summed E-state index contributed by atoms with van der Waals surface area (Å²) in [5.41, 5.74) is 3.36. The van der Waals surface area contributed by atoms with E-state index >= 15 is 0 Å². The minimum absolute atomic E-state index is 0.147. The lowest BCUT2D eigenvalue weighted by molar-refractivity contribution is -0.116. The average Bonchev–Trinajstić information content (AvgIpc) is 2.99. The Morgan fingerprint density at radius 3 is 2.91 bits per heavy atom. The van der Waals surface area contributed by atoms with Gasteiger partial charge in [0.2, 0.25) is 5.91 Å². The van der Waals surface area contributed by atoms with Crippen molar-refractivity contribution < 1.29 is 4.79 Å². The van der Waals surface area contributed by atoms with E-state index in [-0.39, 0.29) is 5.91 Å². The van der Waals surface area contributed by atoms with Gasteiger partial charge in [-0.2, -0.15) is 0 Å². The zero-order chi connectivity index (χ0) is 15.5. The highest BCUT2D eigenvalue weighted by Crippen LogP contribution is 2.36. The van der Waals surface area contributed by atoms with Gasteiger partial charge in [0.05, 0.1) is 0 Å². The number of anilines is 1. The molecule has 1 amide bonds. The Morgan fingerprint density at radius 1 is 1.23 bits per heavy atom. The molecule has 120 valence electrons. The first-order chi connectivity index (χ1) is 10.6. The molecule has 1 aliphatic carbocycles. The molecule has 2 atom stereocenters. The third-order valence-corrected chi connectivity index (χ3v) is 5.61. The summed E-state index contributed by atoms with van der Waals surface area (Å²) in [6, 6.07) is 6.83. The van der Waals surface area contributed by atoms with E-state index in [1.165, 1.54) is 49.8 Å². The molecule has 1 saturated carbocycles. The maximum Gasteiger partial charge on any atom is 0.225 e. The van der Waals surface area contributed by atoms with Crippen LogP contribution in [0.1, 0.15) is 49.7 Å².